The maximum absolute atomic E-state index is 11.2. The number of phenolic OH excluding ortho intramolecular Hbond substituents is 2. The van der Waals surface area contributed by atoms with Crippen LogP contribution in [0.15, 0.2) is 66.9 Å². The smallest absolute Gasteiger partial charge is 0.160 e. The fourth-order valence-electron chi connectivity index (χ4n) is 11.3. The number of aromatic nitrogens is 1. The lowest BCUT2D eigenvalue weighted by Gasteiger charge is -2.47. The van der Waals surface area contributed by atoms with Crippen molar-refractivity contribution in [3.8, 4) is 39.9 Å². The van der Waals surface area contributed by atoms with Gasteiger partial charge in [0, 0.05) is 60.6 Å². The number of aromatic amines is 1. The highest BCUT2D eigenvalue weighted by molar-refractivity contribution is 5.85. The van der Waals surface area contributed by atoms with E-state index in [9.17, 15) is 20.4 Å². The molecule has 1 fully saturated rings. The van der Waals surface area contributed by atoms with Crippen molar-refractivity contribution in [1.82, 2.24) is 20.9 Å². The molecule has 0 spiro atoms. The third-order valence-corrected chi connectivity index (χ3v) is 14.3. The first kappa shape index (κ1) is 45.3. The maximum Gasteiger partial charge on any atom is 0.160 e. The normalized spacial score (nSPS) is 22.6. The molecule has 0 radical (unpaired) electrons. The first-order valence-corrected chi connectivity index (χ1v) is 23.9. The largest absolute Gasteiger partial charge is 0.508 e. The predicted molar refractivity (Wildman–Crippen MR) is 253 cm³/mol. The van der Waals surface area contributed by atoms with Gasteiger partial charge in [-0.2, -0.15) is 0 Å². The van der Waals surface area contributed by atoms with Crippen LogP contribution in [0.2, 0.25) is 0 Å². The topological polar surface area (TPSA) is 170 Å². The van der Waals surface area contributed by atoms with Crippen molar-refractivity contribution in [2.75, 3.05) is 40.2 Å². The van der Waals surface area contributed by atoms with Crippen molar-refractivity contribution in [2.45, 2.75) is 127 Å². The molecule has 9 rings (SSSR count). The molecule has 0 amide bonds. The fourth-order valence-corrected chi connectivity index (χ4v) is 11.3. The Hall–Kier alpha value is -4.82. The zero-order chi connectivity index (χ0) is 45.3. The van der Waals surface area contributed by atoms with Gasteiger partial charge >= 0.3 is 0 Å². The Kier molecular flexibility index (Phi) is 13.4. The lowest BCUT2D eigenvalue weighted by Crippen LogP contribution is -2.56. The van der Waals surface area contributed by atoms with E-state index in [0.717, 1.165) is 80.6 Å². The molecule has 5 aromatic rings. The number of aliphatic hydroxyl groups excluding tert-OH is 1. The van der Waals surface area contributed by atoms with Crippen molar-refractivity contribution < 1.29 is 39.4 Å². The summed E-state index contributed by atoms with van der Waals surface area (Å²) in [4.78, 5) is 3.32. The molecule has 1 aromatic heterocycles. The van der Waals surface area contributed by atoms with Gasteiger partial charge < -0.3 is 55.0 Å². The standard InChI is InChI=1S/C53H68N4O8/c1-32(2)25-52(3,61)28-54-30-55-29-53(63-31-57-37-8-6-5-7-9-37)26-44-43-22-36(21-33-10-16-45-34(20-33)18-19-56-45)42-24-38(59)12-14-40(42)48(43)50-41(15-13-39(27-58)64-50)49(44)65-51(53)35-11-17-46(60)47(23-35)62-4/h10-12,14,16-20,23-24,32,36-37,39,51,54-61H,5-9,13,15,21-22,25-31H2,1-4H3/t36-,39+,51+,52-,53-/m0/s1. The molecule has 8 N–H and O–H groups in total. The van der Waals surface area contributed by atoms with E-state index in [-0.39, 0.29) is 30.1 Å². The summed E-state index contributed by atoms with van der Waals surface area (Å²) in [7, 11) is 1.55. The van der Waals surface area contributed by atoms with E-state index < -0.39 is 17.3 Å². The van der Waals surface area contributed by atoms with Gasteiger partial charge in [-0.25, -0.2) is 0 Å². The zero-order valence-corrected chi connectivity index (χ0v) is 38.5. The van der Waals surface area contributed by atoms with Crippen LogP contribution < -0.4 is 30.2 Å². The fraction of sp³-hybridized carbons (Fsp3) is 0.509. The minimum Gasteiger partial charge on any atom is -0.508 e. The molecular weight excluding hydrogens is 821 g/mol. The predicted octanol–water partition coefficient (Wildman–Crippen LogP) is 8.07. The average molecular weight is 889 g/mol. The molecule has 3 heterocycles. The average Bonchev–Trinajstić information content (AvgIpc) is 3.77. The number of fused-ring (bicyclic) bond motifs is 9. The van der Waals surface area contributed by atoms with Crippen LogP contribution in [0, 0.1) is 5.92 Å². The number of aliphatic hydroxyl groups is 2. The third-order valence-electron chi connectivity index (χ3n) is 14.3. The van der Waals surface area contributed by atoms with Crippen LogP contribution in [0.25, 0.3) is 22.0 Å². The second kappa shape index (κ2) is 19.2. The Morgan fingerprint density at radius 3 is 2.57 bits per heavy atom. The van der Waals surface area contributed by atoms with E-state index in [0.29, 0.717) is 76.3 Å². The summed E-state index contributed by atoms with van der Waals surface area (Å²) in [6.07, 6.45) is 10.7. The zero-order valence-electron chi connectivity index (χ0n) is 38.5. The van der Waals surface area contributed by atoms with Crippen LogP contribution in [-0.4, -0.2) is 89.0 Å². The van der Waals surface area contributed by atoms with Gasteiger partial charge in [-0.1, -0.05) is 51.3 Å². The molecule has 5 atom stereocenters. The Balaban J connectivity index is 1.17. The summed E-state index contributed by atoms with van der Waals surface area (Å²) < 4.78 is 27.4. The van der Waals surface area contributed by atoms with E-state index in [4.69, 9.17) is 18.9 Å². The second-order valence-corrected chi connectivity index (χ2v) is 19.8. The quantitative estimate of drug-likeness (QED) is 0.0336. The maximum atomic E-state index is 11.2. The van der Waals surface area contributed by atoms with Crippen molar-refractivity contribution in [2.24, 2.45) is 5.92 Å². The minimum atomic E-state index is -0.978. The van der Waals surface area contributed by atoms with Crippen LogP contribution in [0.3, 0.4) is 0 Å². The molecule has 12 nitrogen and oxygen atoms in total. The summed E-state index contributed by atoms with van der Waals surface area (Å²) >= 11 is 0. The third kappa shape index (κ3) is 9.57. The van der Waals surface area contributed by atoms with E-state index in [2.05, 4.69) is 59.0 Å². The first-order valence-electron chi connectivity index (χ1n) is 23.9. The molecule has 4 aliphatic rings. The minimum absolute atomic E-state index is 0.0173. The van der Waals surface area contributed by atoms with Crippen LogP contribution in [0.4, 0.5) is 0 Å². The van der Waals surface area contributed by atoms with Crippen LogP contribution in [-0.2, 0) is 30.4 Å². The number of benzene rings is 4. The summed E-state index contributed by atoms with van der Waals surface area (Å²) in [6, 6.07) is 20.1. The number of rotatable bonds is 17. The summed E-state index contributed by atoms with van der Waals surface area (Å²) in [5, 5.41) is 55.6. The van der Waals surface area contributed by atoms with Crippen molar-refractivity contribution in [3.63, 3.8) is 0 Å². The monoisotopic (exact) mass is 889 g/mol. The highest BCUT2D eigenvalue weighted by Crippen LogP contribution is 2.57. The van der Waals surface area contributed by atoms with Crippen molar-refractivity contribution >= 4 is 10.9 Å². The molecular formula is C53H68N4O8. The molecule has 4 aromatic carbocycles. The van der Waals surface area contributed by atoms with E-state index in [1.54, 1.807) is 19.2 Å². The summed E-state index contributed by atoms with van der Waals surface area (Å²) in [5.41, 5.74) is 7.49. The Bertz CT molecular complexity index is 2460. The van der Waals surface area contributed by atoms with Gasteiger partial charge in [0.1, 0.15) is 29.0 Å². The van der Waals surface area contributed by atoms with Gasteiger partial charge in [0.2, 0.25) is 0 Å². The van der Waals surface area contributed by atoms with Gasteiger partial charge in [0.05, 0.1) is 26.0 Å². The molecule has 0 unspecified atom stereocenters. The number of nitrogens with one attached hydrogen (secondary N) is 4. The van der Waals surface area contributed by atoms with Crippen molar-refractivity contribution in [3.05, 3.63) is 100 Å². The number of aromatic hydroxyl groups is 2. The number of phenols is 2. The van der Waals surface area contributed by atoms with Crippen LogP contribution >= 0.6 is 0 Å². The summed E-state index contributed by atoms with van der Waals surface area (Å²) in [5.74, 6) is 2.48. The number of hydrogen-bond donors (Lipinski definition) is 8. The van der Waals surface area contributed by atoms with Crippen molar-refractivity contribution in [1.29, 1.82) is 0 Å². The van der Waals surface area contributed by atoms with Gasteiger partial charge in [0.15, 0.2) is 17.6 Å². The van der Waals surface area contributed by atoms with Gasteiger partial charge in [0.25, 0.3) is 0 Å². The second-order valence-electron chi connectivity index (χ2n) is 19.8. The van der Waals surface area contributed by atoms with E-state index in [1.807, 2.05) is 37.4 Å². The molecule has 12 heteroatoms. The molecule has 2 aliphatic carbocycles. The SMILES string of the molecule is COc1cc([C@H]2Oc3c(c4c(c5c3CC[C@H](CO)O5)-c3ccc(O)cc3[C@@H](Cc3ccc5[nH]ccc5c3)C4)C[C@@]2(CNCNC[C@@](C)(O)CC(C)C)OCNC2CCCCC2)ccc1O. The Morgan fingerprint density at radius 2 is 1.77 bits per heavy atom. The first-order chi connectivity index (χ1) is 31.4. The number of hydrogen-bond acceptors (Lipinski definition) is 11. The Labute approximate surface area is 383 Å². The van der Waals surface area contributed by atoms with Crippen LogP contribution in [0.1, 0.15) is 111 Å². The molecule has 348 valence electrons. The summed E-state index contributed by atoms with van der Waals surface area (Å²) in [6.45, 7) is 7.57. The van der Waals surface area contributed by atoms with E-state index in [1.165, 1.54) is 24.8 Å². The molecule has 0 saturated heterocycles. The van der Waals surface area contributed by atoms with Gasteiger partial charge in [-0.05, 0) is 139 Å². The Morgan fingerprint density at radius 1 is 0.923 bits per heavy atom. The number of methoxy groups -OCH3 is 1. The lowest BCUT2D eigenvalue weighted by atomic mass is 9.70. The van der Waals surface area contributed by atoms with Crippen LogP contribution in [0.5, 0.6) is 28.7 Å². The number of H-pyrrole nitrogens is 1. The molecule has 2 aliphatic heterocycles. The van der Waals surface area contributed by atoms with Gasteiger partial charge in [-0.3, -0.25) is 5.32 Å². The molecule has 1 saturated carbocycles. The highest BCUT2D eigenvalue weighted by Gasteiger charge is 2.50. The molecule has 0 bridgehead atoms. The van der Waals surface area contributed by atoms with Gasteiger partial charge in [-0.15, -0.1) is 0 Å². The number of ether oxygens (including phenoxy) is 4. The lowest BCUT2D eigenvalue weighted by molar-refractivity contribution is -0.132. The highest BCUT2D eigenvalue weighted by atomic mass is 16.6. The van der Waals surface area contributed by atoms with E-state index >= 15 is 0 Å². The molecule has 65 heavy (non-hydrogen) atoms.